The van der Waals surface area contributed by atoms with Gasteiger partial charge in [-0.2, -0.15) is 0 Å². The van der Waals surface area contributed by atoms with Gasteiger partial charge in [-0.25, -0.2) is 0 Å². The van der Waals surface area contributed by atoms with Crippen molar-refractivity contribution in [2.45, 2.75) is 20.0 Å². The molecule has 0 spiro atoms. The van der Waals surface area contributed by atoms with Gasteiger partial charge in [0.2, 0.25) is 5.88 Å². The second-order valence-corrected chi connectivity index (χ2v) is 8.80. The second-order valence-electron chi connectivity index (χ2n) is 8.80. The lowest BCUT2D eigenvalue weighted by Gasteiger charge is -2.28. The van der Waals surface area contributed by atoms with Crippen molar-refractivity contribution in [1.82, 2.24) is 10.1 Å². The summed E-state index contributed by atoms with van der Waals surface area (Å²) in [6.45, 7) is 5.64. The Hall–Kier alpha value is -3.90. The van der Waals surface area contributed by atoms with Gasteiger partial charge >= 0.3 is 0 Å². The van der Waals surface area contributed by atoms with E-state index in [-0.39, 0.29) is 5.91 Å². The minimum Gasteiger partial charge on any atom is -0.378 e. The van der Waals surface area contributed by atoms with Gasteiger partial charge in [-0.05, 0) is 30.7 Å². The SMILES string of the molecule is Cc1cccc(-c2noc(N3CCOCC3)c2CN(Cc2ccccc2)C(=O)c2ccccc2)c1. The number of rotatable bonds is 7. The highest BCUT2D eigenvalue weighted by Gasteiger charge is 2.27. The maximum absolute atomic E-state index is 13.7. The molecular formula is C29H29N3O3. The van der Waals surface area contributed by atoms with Gasteiger partial charge < -0.3 is 19.1 Å². The summed E-state index contributed by atoms with van der Waals surface area (Å²) in [7, 11) is 0. The van der Waals surface area contributed by atoms with Gasteiger partial charge in [-0.3, -0.25) is 4.79 Å². The zero-order chi connectivity index (χ0) is 24.0. The fraction of sp³-hybridized carbons (Fsp3) is 0.241. The van der Waals surface area contributed by atoms with Crippen LogP contribution in [0.3, 0.4) is 0 Å². The third kappa shape index (κ3) is 5.28. The predicted octanol–water partition coefficient (Wildman–Crippen LogP) is 5.33. The predicted molar refractivity (Wildman–Crippen MR) is 136 cm³/mol. The van der Waals surface area contributed by atoms with Crippen molar-refractivity contribution in [3.63, 3.8) is 0 Å². The summed E-state index contributed by atoms with van der Waals surface area (Å²) in [5.41, 5.74) is 5.54. The number of anilines is 1. The Morgan fingerprint density at radius 3 is 2.34 bits per heavy atom. The molecule has 0 saturated carbocycles. The van der Waals surface area contributed by atoms with E-state index in [2.05, 4.69) is 29.1 Å². The molecule has 0 atom stereocenters. The number of amides is 1. The average molecular weight is 468 g/mol. The first kappa shape index (κ1) is 22.9. The molecule has 1 aromatic heterocycles. The standard InChI is InChI=1S/C29H29N3O3/c1-22-9-8-14-25(19-22)27-26(29(35-30-27)31-15-17-34-18-16-31)21-32(20-23-10-4-2-5-11-23)28(33)24-12-6-3-7-13-24/h2-14,19H,15-18,20-21H2,1H3. The zero-order valence-corrected chi connectivity index (χ0v) is 19.9. The summed E-state index contributed by atoms with van der Waals surface area (Å²) in [6, 6.07) is 27.7. The third-order valence-electron chi connectivity index (χ3n) is 6.23. The van der Waals surface area contributed by atoms with E-state index in [1.165, 1.54) is 0 Å². The van der Waals surface area contributed by atoms with Crippen molar-refractivity contribution in [2.24, 2.45) is 0 Å². The summed E-state index contributed by atoms with van der Waals surface area (Å²) in [5, 5.41) is 4.50. The van der Waals surface area contributed by atoms with E-state index in [4.69, 9.17) is 9.26 Å². The molecule has 2 heterocycles. The zero-order valence-electron chi connectivity index (χ0n) is 19.9. The number of carbonyl (C=O) groups is 1. The molecule has 0 bridgehead atoms. The molecule has 6 heteroatoms. The summed E-state index contributed by atoms with van der Waals surface area (Å²) in [6.07, 6.45) is 0. The largest absolute Gasteiger partial charge is 0.378 e. The molecule has 178 valence electrons. The van der Waals surface area contributed by atoms with E-state index in [1.807, 2.05) is 77.7 Å². The highest BCUT2D eigenvalue weighted by atomic mass is 16.5. The van der Waals surface area contributed by atoms with Gasteiger partial charge in [0, 0.05) is 30.8 Å². The Balaban J connectivity index is 1.56. The van der Waals surface area contributed by atoms with E-state index < -0.39 is 0 Å². The number of benzene rings is 3. The Kier molecular flexibility index (Phi) is 6.91. The lowest BCUT2D eigenvalue weighted by molar-refractivity contribution is 0.0729. The Morgan fingerprint density at radius 1 is 0.914 bits per heavy atom. The maximum Gasteiger partial charge on any atom is 0.254 e. The molecule has 1 aliphatic heterocycles. The fourth-order valence-electron chi connectivity index (χ4n) is 4.43. The lowest BCUT2D eigenvalue weighted by Crippen LogP contribution is -2.37. The number of hydrogen-bond donors (Lipinski definition) is 0. The quantitative estimate of drug-likeness (QED) is 0.368. The van der Waals surface area contributed by atoms with E-state index in [0.717, 1.165) is 41.0 Å². The number of carbonyl (C=O) groups excluding carboxylic acids is 1. The van der Waals surface area contributed by atoms with Crippen LogP contribution in [0.25, 0.3) is 11.3 Å². The van der Waals surface area contributed by atoms with E-state index in [0.29, 0.717) is 37.8 Å². The number of nitrogens with zero attached hydrogens (tertiary/aromatic N) is 3. The van der Waals surface area contributed by atoms with E-state index >= 15 is 0 Å². The fourth-order valence-corrected chi connectivity index (χ4v) is 4.43. The molecule has 1 saturated heterocycles. The van der Waals surface area contributed by atoms with Gasteiger partial charge in [-0.1, -0.05) is 77.5 Å². The molecule has 0 aliphatic carbocycles. The number of aromatic nitrogens is 1. The molecule has 1 aliphatic rings. The molecule has 0 N–H and O–H groups in total. The topological polar surface area (TPSA) is 58.8 Å². The van der Waals surface area contributed by atoms with Crippen LogP contribution in [0.5, 0.6) is 0 Å². The first-order chi connectivity index (χ1) is 17.2. The lowest BCUT2D eigenvalue weighted by atomic mass is 10.0. The van der Waals surface area contributed by atoms with Gasteiger partial charge in [0.15, 0.2) is 0 Å². The number of morpholine rings is 1. The number of ether oxygens (including phenoxy) is 1. The molecule has 0 unspecified atom stereocenters. The summed E-state index contributed by atoms with van der Waals surface area (Å²) in [5.74, 6) is 0.683. The molecule has 0 radical (unpaired) electrons. The van der Waals surface area contributed by atoms with Crippen molar-refractivity contribution in [3.05, 3.63) is 107 Å². The molecule has 4 aromatic rings. The molecule has 1 amide bonds. The first-order valence-electron chi connectivity index (χ1n) is 12.0. The smallest absolute Gasteiger partial charge is 0.254 e. The van der Waals surface area contributed by atoms with Crippen LogP contribution in [0, 0.1) is 6.92 Å². The highest BCUT2D eigenvalue weighted by Crippen LogP contribution is 2.34. The van der Waals surface area contributed by atoms with Gasteiger partial charge in [0.05, 0.1) is 25.3 Å². The Bertz CT molecular complexity index is 1260. The maximum atomic E-state index is 13.7. The minimum absolute atomic E-state index is 0.0289. The van der Waals surface area contributed by atoms with E-state index in [9.17, 15) is 4.79 Å². The van der Waals surface area contributed by atoms with Crippen molar-refractivity contribution < 1.29 is 14.1 Å². The second kappa shape index (κ2) is 10.6. The minimum atomic E-state index is -0.0289. The monoisotopic (exact) mass is 467 g/mol. The number of hydrogen-bond acceptors (Lipinski definition) is 5. The highest BCUT2D eigenvalue weighted by molar-refractivity contribution is 5.94. The third-order valence-corrected chi connectivity index (χ3v) is 6.23. The molecule has 3 aromatic carbocycles. The molecule has 6 nitrogen and oxygen atoms in total. The van der Waals surface area contributed by atoms with Crippen LogP contribution in [0.1, 0.15) is 27.0 Å². The van der Waals surface area contributed by atoms with Crippen LogP contribution in [-0.2, 0) is 17.8 Å². The normalized spacial score (nSPS) is 13.6. The van der Waals surface area contributed by atoms with Gasteiger partial charge in [0.25, 0.3) is 5.91 Å². The van der Waals surface area contributed by atoms with Crippen LogP contribution >= 0.6 is 0 Å². The van der Waals surface area contributed by atoms with Gasteiger partial charge in [0.1, 0.15) is 5.69 Å². The van der Waals surface area contributed by atoms with Crippen LogP contribution < -0.4 is 4.90 Å². The van der Waals surface area contributed by atoms with Crippen molar-refractivity contribution in [1.29, 1.82) is 0 Å². The Labute approximate surface area is 205 Å². The summed E-state index contributed by atoms with van der Waals surface area (Å²) < 4.78 is 11.5. The average Bonchev–Trinajstić information content (AvgIpc) is 3.33. The Morgan fingerprint density at radius 2 is 1.63 bits per heavy atom. The molecular weight excluding hydrogens is 438 g/mol. The van der Waals surface area contributed by atoms with E-state index in [1.54, 1.807) is 0 Å². The van der Waals surface area contributed by atoms with Crippen molar-refractivity contribution in [3.8, 4) is 11.3 Å². The molecule has 35 heavy (non-hydrogen) atoms. The molecule has 1 fully saturated rings. The van der Waals surface area contributed by atoms with Crippen LogP contribution in [-0.4, -0.2) is 42.3 Å². The van der Waals surface area contributed by atoms with Gasteiger partial charge in [-0.15, -0.1) is 0 Å². The molecule has 5 rings (SSSR count). The van der Waals surface area contributed by atoms with Crippen LogP contribution in [0.15, 0.2) is 89.5 Å². The summed E-state index contributed by atoms with van der Waals surface area (Å²) in [4.78, 5) is 17.7. The summed E-state index contributed by atoms with van der Waals surface area (Å²) >= 11 is 0. The van der Waals surface area contributed by atoms with Crippen molar-refractivity contribution >= 4 is 11.8 Å². The van der Waals surface area contributed by atoms with Crippen LogP contribution in [0.2, 0.25) is 0 Å². The van der Waals surface area contributed by atoms with Crippen molar-refractivity contribution in [2.75, 3.05) is 31.2 Å². The number of aryl methyl sites for hydroxylation is 1. The van der Waals surface area contributed by atoms with Crippen LogP contribution in [0.4, 0.5) is 5.88 Å². The first-order valence-corrected chi connectivity index (χ1v) is 12.0.